The predicted octanol–water partition coefficient (Wildman–Crippen LogP) is 3.11. The SMILES string of the molecule is CCC(C#N)N1CCN(C(=O)c2cc(Br)ccc2I)CC1. The minimum Gasteiger partial charge on any atom is -0.336 e. The summed E-state index contributed by atoms with van der Waals surface area (Å²) in [7, 11) is 0. The zero-order valence-electron chi connectivity index (χ0n) is 11.9. The highest BCUT2D eigenvalue weighted by Gasteiger charge is 2.26. The van der Waals surface area contributed by atoms with Crippen LogP contribution in [0.3, 0.4) is 0 Å². The van der Waals surface area contributed by atoms with Crippen LogP contribution in [0.5, 0.6) is 0 Å². The molecule has 0 aliphatic carbocycles. The van der Waals surface area contributed by atoms with Crippen molar-refractivity contribution in [1.82, 2.24) is 9.80 Å². The monoisotopic (exact) mass is 461 g/mol. The molecule has 21 heavy (non-hydrogen) atoms. The molecule has 1 saturated heterocycles. The first-order valence-corrected chi connectivity index (χ1v) is 8.82. The quantitative estimate of drug-likeness (QED) is 0.650. The third-order valence-electron chi connectivity index (χ3n) is 3.74. The second kappa shape index (κ2) is 7.56. The van der Waals surface area contributed by atoms with E-state index in [2.05, 4.69) is 49.5 Å². The van der Waals surface area contributed by atoms with Crippen LogP contribution in [0.4, 0.5) is 0 Å². The first-order chi connectivity index (χ1) is 10.1. The van der Waals surface area contributed by atoms with Gasteiger partial charge >= 0.3 is 0 Å². The van der Waals surface area contributed by atoms with Crippen molar-refractivity contribution < 1.29 is 4.79 Å². The average Bonchev–Trinajstić information content (AvgIpc) is 2.51. The zero-order valence-corrected chi connectivity index (χ0v) is 15.6. The van der Waals surface area contributed by atoms with Gasteiger partial charge in [0.05, 0.1) is 17.7 Å². The maximum atomic E-state index is 12.6. The Bertz CT molecular complexity index is 565. The number of hydrogen-bond acceptors (Lipinski definition) is 3. The van der Waals surface area contributed by atoms with Crippen LogP contribution in [-0.2, 0) is 0 Å². The smallest absolute Gasteiger partial charge is 0.255 e. The van der Waals surface area contributed by atoms with E-state index < -0.39 is 0 Å². The second-order valence-electron chi connectivity index (χ2n) is 5.01. The van der Waals surface area contributed by atoms with E-state index in [0.717, 1.165) is 33.1 Å². The van der Waals surface area contributed by atoms with Crippen molar-refractivity contribution in [3.63, 3.8) is 0 Å². The topological polar surface area (TPSA) is 47.3 Å². The maximum Gasteiger partial charge on any atom is 0.255 e. The number of nitrogens with zero attached hydrogens (tertiary/aromatic N) is 3. The molecule has 0 spiro atoms. The van der Waals surface area contributed by atoms with Gasteiger partial charge in [-0.1, -0.05) is 22.9 Å². The molecule has 1 aliphatic heterocycles. The summed E-state index contributed by atoms with van der Waals surface area (Å²) in [5, 5.41) is 9.12. The molecule has 1 aliphatic rings. The Kier molecular flexibility index (Phi) is 6.02. The van der Waals surface area contributed by atoms with Crippen LogP contribution in [0, 0.1) is 14.9 Å². The van der Waals surface area contributed by atoms with E-state index in [-0.39, 0.29) is 11.9 Å². The third-order valence-corrected chi connectivity index (χ3v) is 5.17. The highest BCUT2D eigenvalue weighted by Crippen LogP contribution is 2.21. The van der Waals surface area contributed by atoms with E-state index in [1.165, 1.54) is 0 Å². The van der Waals surface area contributed by atoms with Crippen molar-refractivity contribution in [3.05, 3.63) is 31.8 Å². The Morgan fingerprint density at radius 2 is 2.10 bits per heavy atom. The summed E-state index contributed by atoms with van der Waals surface area (Å²) < 4.78 is 1.88. The van der Waals surface area contributed by atoms with E-state index in [4.69, 9.17) is 5.26 Å². The molecular formula is C15H17BrIN3O. The molecule has 1 heterocycles. The highest BCUT2D eigenvalue weighted by molar-refractivity contribution is 14.1. The summed E-state index contributed by atoms with van der Waals surface area (Å²) in [4.78, 5) is 16.6. The van der Waals surface area contributed by atoms with Gasteiger partial charge in [-0.2, -0.15) is 5.26 Å². The molecule has 0 N–H and O–H groups in total. The summed E-state index contributed by atoms with van der Waals surface area (Å²) in [5.41, 5.74) is 0.741. The van der Waals surface area contributed by atoms with Crippen molar-refractivity contribution in [3.8, 4) is 6.07 Å². The van der Waals surface area contributed by atoms with Gasteiger partial charge in [-0.05, 0) is 47.2 Å². The van der Waals surface area contributed by atoms with Gasteiger partial charge < -0.3 is 4.90 Å². The number of carbonyl (C=O) groups is 1. The first kappa shape index (κ1) is 16.7. The summed E-state index contributed by atoms with van der Waals surface area (Å²) >= 11 is 5.61. The molecule has 1 amide bonds. The van der Waals surface area contributed by atoms with Gasteiger partial charge in [0.1, 0.15) is 0 Å². The second-order valence-corrected chi connectivity index (χ2v) is 7.08. The molecular weight excluding hydrogens is 445 g/mol. The molecule has 0 saturated carbocycles. The van der Waals surface area contributed by atoms with E-state index in [0.29, 0.717) is 13.1 Å². The molecule has 2 rings (SSSR count). The number of benzene rings is 1. The lowest BCUT2D eigenvalue weighted by Gasteiger charge is -2.36. The van der Waals surface area contributed by atoms with E-state index >= 15 is 0 Å². The van der Waals surface area contributed by atoms with Crippen LogP contribution in [-0.4, -0.2) is 47.9 Å². The van der Waals surface area contributed by atoms with E-state index in [9.17, 15) is 4.79 Å². The molecule has 4 nitrogen and oxygen atoms in total. The maximum absolute atomic E-state index is 12.6. The first-order valence-electron chi connectivity index (χ1n) is 6.94. The lowest BCUT2D eigenvalue weighted by Crippen LogP contribution is -2.51. The van der Waals surface area contributed by atoms with E-state index in [1.54, 1.807) is 0 Å². The van der Waals surface area contributed by atoms with Gasteiger partial charge in [0.25, 0.3) is 5.91 Å². The molecule has 1 unspecified atom stereocenters. The molecule has 112 valence electrons. The lowest BCUT2D eigenvalue weighted by molar-refractivity contribution is 0.0603. The fraction of sp³-hybridized carbons (Fsp3) is 0.467. The minimum atomic E-state index is -0.0340. The largest absolute Gasteiger partial charge is 0.336 e. The van der Waals surface area contributed by atoms with Gasteiger partial charge in [-0.25, -0.2) is 0 Å². The fourth-order valence-electron chi connectivity index (χ4n) is 2.50. The van der Waals surface area contributed by atoms with Gasteiger partial charge in [0, 0.05) is 34.2 Å². The minimum absolute atomic E-state index is 0.0340. The van der Waals surface area contributed by atoms with Gasteiger partial charge in [0.15, 0.2) is 0 Å². The van der Waals surface area contributed by atoms with Gasteiger partial charge in [0.2, 0.25) is 0 Å². The molecule has 6 heteroatoms. The van der Waals surface area contributed by atoms with E-state index in [1.807, 2.05) is 30.0 Å². The van der Waals surface area contributed by atoms with Crippen LogP contribution in [0.15, 0.2) is 22.7 Å². The van der Waals surface area contributed by atoms with Crippen molar-refractivity contribution in [1.29, 1.82) is 5.26 Å². The van der Waals surface area contributed by atoms with Crippen LogP contribution in [0.2, 0.25) is 0 Å². The molecule has 1 aromatic rings. The Labute approximate surface area is 147 Å². The van der Waals surface area contributed by atoms with Crippen molar-refractivity contribution >= 4 is 44.4 Å². The van der Waals surface area contributed by atoms with Crippen molar-refractivity contribution in [2.24, 2.45) is 0 Å². The Morgan fingerprint density at radius 1 is 1.43 bits per heavy atom. The van der Waals surface area contributed by atoms with Crippen LogP contribution in [0.25, 0.3) is 0 Å². The zero-order chi connectivity index (χ0) is 15.4. The summed E-state index contributed by atoms with van der Waals surface area (Å²) in [6.07, 6.45) is 0.827. The summed E-state index contributed by atoms with van der Waals surface area (Å²) in [5.74, 6) is 0.0744. The predicted molar refractivity (Wildman–Crippen MR) is 94.0 cm³/mol. The van der Waals surface area contributed by atoms with Crippen molar-refractivity contribution in [2.45, 2.75) is 19.4 Å². The van der Waals surface area contributed by atoms with Crippen molar-refractivity contribution in [2.75, 3.05) is 26.2 Å². The molecule has 1 atom stereocenters. The molecule has 0 bridgehead atoms. The molecule has 0 radical (unpaired) electrons. The average molecular weight is 462 g/mol. The molecule has 1 aromatic carbocycles. The number of amides is 1. The summed E-state index contributed by atoms with van der Waals surface area (Å²) in [6, 6.07) is 8.05. The lowest BCUT2D eigenvalue weighted by atomic mass is 10.1. The van der Waals surface area contributed by atoms with Crippen LogP contribution in [0.1, 0.15) is 23.7 Å². The standard InChI is InChI=1S/C15H17BrIN3O/c1-2-12(10-18)19-5-7-20(8-6-19)15(21)13-9-11(16)3-4-14(13)17/h3-4,9,12H,2,5-8H2,1H3. The normalized spacial score (nSPS) is 17.3. The number of nitriles is 1. The highest BCUT2D eigenvalue weighted by atomic mass is 127. The number of carbonyl (C=O) groups excluding carboxylic acids is 1. The Hall–Kier alpha value is -0.650. The van der Waals surface area contributed by atoms with Crippen LogP contribution < -0.4 is 0 Å². The van der Waals surface area contributed by atoms with Gasteiger partial charge in [-0.3, -0.25) is 9.69 Å². The Balaban J connectivity index is 2.04. The van der Waals surface area contributed by atoms with Gasteiger partial charge in [-0.15, -0.1) is 0 Å². The molecule has 0 aromatic heterocycles. The summed E-state index contributed by atoms with van der Waals surface area (Å²) in [6.45, 7) is 4.92. The van der Waals surface area contributed by atoms with Crippen LogP contribution >= 0.6 is 38.5 Å². The molecule has 1 fully saturated rings. The number of piperazine rings is 1. The number of rotatable bonds is 3. The fourth-order valence-corrected chi connectivity index (χ4v) is 3.43. The number of halogens is 2. The number of hydrogen-bond donors (Lipinski definition) is 0. The third kappa shape index (κ3) is 3.96. The Morgan fingerprint density at radius 3 is 2.67 bits per heavy atom.